The van der Waals surface area contributed by atoms with Gasteiger partial charge >= 0.3 is 5.97 Å². The van der Waals surface area contributed by atoms with E-state index in [9.17, 15) is 9.59 Å². The highest BCUT2D eigenvalue weighted by Crippen LogP contribution is 2.40. The molecule has 7 heteroatoms. The Balaban J connectivity index is 1.84. The summed E-state index contributed by atoms with van der Waals surface area (Å²) in [6, 6.07) is 13.4. The number of thiophene rings is 1. The zero-order chi connectivity index (χ0) is 21.8. The van der Waals surface area contributed by atoms with Crippen LogP contribution in [0.5, 0.6) is 5.75 Å². The molecule has 0 saturated heterocycles. The van der Waals surface area contributed by atoms with Crippen molar-refractivity contribution in [1.29, 1.82) is 0 Å². The van der Waals surface area contributed by atoms with Crippen LogP contribution < -0.4 is 10.1 Å². The molecule has 0 aliphatic heterocycles. The van der Waals surface area contributed by atoms with Crippen molar-refractivity contribution in [3.05, 3.63) is 68.5 Å². The number of methoxy groups -OCH3 is 1. The van der Waals surface area contributed by atoms with Crippen molar-refractivity contribution in [2.75, 3.05) is 19.0 Å². The third-order valence-electron chi connectivity index (χ3n) is 4.42. The van der Waals surface area contributed by atoms with E-state index in [1.807, 2.05) is 63.2 Å². The number of aryl methyl sites for hydroxylation is 3. The largest absolute Gasteiger partial charge is 0.484 e. The van der Waals surface area contributed by atoms with E-state index in [1.54, 1.807) is 0 Å². The van der Waals surface area contributed by atoms with Crippen LogP contribution in [0, 0.1) is 20.8 Å². The number of amides is 1. The van der Waals surface area contributed by atoms with Crippen LogP contribution in [0.25, 0.3) is 11.1 Å². The van der Waals surface area contributed by atoms with Gasteiger partial charge in [0.25, 0.3) is 5.91 Å². The summed E-state index contributed by atoms with van der Waals surface area (Å²) in [5.41, 5.74) is 4.10. The maximum Gasteiger partial charge on any atom is 0.341 e. The van der Waals surface area contributed by atoms with E-state index in [1.165, 1.54) is 18.4 Å². The maximum atomic E-state index is 12.5. The molecular formula is C23H22BrNO4S. The molecule has 0 atom stereocenters. The number of rotatable bonds is 6. The molecule has 2 aromatic carbocycles. The fraction of sp³-hybridized carbons (Fsp3) is 0.217. The highest BCUT2D eigenvalue weighted by Gasteiger charge is 2.25. The van der Waals surface area contributed by atoms with Gasteiger partial charge < -0.3 is 14.8 Å². The minimum Gasteiger partial charge on any atom is -0.484 e. The average molecular weight is 488 g/mol. The van der Waals surface area contributed by atoms with Crippen molar-refractivity contribution in [3.8, 4) is 16.9 Å². The number of ether oxygens (including phenoxy) is 2. The van der Waals surface area contributed by atoms with Crippen LogP contribution in [0.4, 0.5) is 5.00 Å². The zero-order valence-electron chi connectivity index (χ0n) is 17.2. The van der Waals surface area contributed by atoms with E-state index in [0.717, 1.165) is 31.6 Å². The molecule has 1 N–H and O–H groups in total. The van der Waals surface area contributed by atoms with Gasteiger partial charge in [-0.05, 0) is 61.7 Å². The molecule has 5 nitrogen and oxygen atoms in total. The fourth-order valence-electron chi connectivity index (χ4n) is 3.22. The Bertz CT molecular complexity index is 1070. The summed E-state index contributed by atoms with van der Waals surface area (Å²) in [4.78, 5) is 26.0. The Morgan fingerprint density at radius 3 is 2.27 bits per heavy atom. The highest BCUT2D eigenvalue weighted by atomic mass is 79.9. The predicted octanol–water partition coefficient (Wildman–Crippen LogP) is 5.91. The minimum atomic E-state index is -0.497. The number of benzene rings is 2. The van der Waals surface area contributed by atoms with Gasteiger partial charge in [0.05, 0.1) is 7.11 Å². The van der Waals surface area contributed by atoms with Gasteiger partial charge in [-0.25, -0.2) is 4.79 Å². The second-order valence-corrected chi connectivity index (χ2v) is 9.04. The van der Waals surface area contributed by atoms with Gasteiger partial charge in [0, 0.05) is 14.9 Å². The first-order chi connectivity index (χ1) is 14.3. The first-order valence-electron chi connectivity index (χ1n) is 9.27. The lowest BCUT2D eigenvalue weighted by atomic mass is 10.0. The van der Waals surface area contributed by atoms with Crippen molar-refractivity contribution in [1.82, 2.24) is 0 Å². The van der Waals surface area contributed by atoms with Crippen LogP contribution in [-0.4, -0.2) is 25.6 Å². The number of halogens is 1. The molecule has 0 bridgehead atoms. The quantitative estimate of drug-likeness (QED) is 0.439. The Morgan fingerprint density at radius 1 is 1.03 bits per heavy atom. The molecule has 0 fully saturated rings. The molecule has 3 aromatic rings. The Kier molecular flexibility index (Phi) is 6.95. The molecule has 0 spiro atoms. The van der Waals surface area contributed by atoms with E-state index >= 15 is 0 Å². The van der Waals surface area contributed by atoms with Crippen molar-refractivity contribution >= 4 is 44.1 Å². The minimum absolute atomic E-state index is 0.159. The molecule has 0 radical (unpaired) electrons. The Labute approximate surface area is 188 Å². The topological polar surface area (TPSA) is 64.6 Å². The van der Waals surface area contributed by atoms with Gasteiger partial charge in [-0.15, -0.1) is 11.3 Å². The zero-order valence-corrected chi connectivity index (χ0v) is 19.6. The van der Waals surface area contributed by atoms with Gasteiger partial charge in [-0.2, -0.15) is 0 Å². The maximum absolute atomic E-state index is 12.5. The normalized spacial score (nSPS) is 10.6. The van der Waals surface area contributed by atoms with Gasteiger partial charge in [0.2, 0.25) is 0 Å². The summed E-state index contributed by atoms with van der Waals surface area (Å²) >= 11 is 4.76. The van der Waals surface area contributed by atoms with E-state index in [0.29, 0.717) is 16.3 Å². The summed E-state index contributed by atoms with van der Waals surface area (Å²) in [6.45, 7) is 5.70. The van der Waals surface area contributed by atoms with Crippen LogP contribution in [0.15, 0.2) is 46.9 Å². The second-order valence-electron chi connectivity index (χ2n) is 6.90. The van der Waals surface area contributed by atoms with E-state index in [4.69, 9.17) is 9.47 Å². The lowest BCUT2D eigenvalue weighted by molar-refractivity contribution is -0.118. The summed E-state index contributed by atoms with van der Waals surface area (Å²) in [6.07, 6.45) is 0. The van der Waals surface area contributed by atoms with E-state index < -0.39 is 5.97 Å². The van der Waals surface area contributed by atoms with Crippen molar-refractivity contribution in [2.45, 2.75) is 20.8 Å². The standard InChI is InChI=1S/C23H22BrNO4S/c1-13-9-14(2)11-18(10-13)29-12-19(26)25-22-21(23(27)28-4)20(15(3)30-22)16-5-7-17(24)8-6-16/h5-11H,12H2,1-4H3,(H,25,26). The molecule has 30 heavy (non-hydrogen) atoms. The second kappa shape index (κ2) is 9.45. The number of nitrogens with one attached hydrogen (secondary N) is 1. The predicted molar refractivity (Wildman–Crippen MR) is 124 cm³/mol. The molecule has 0 unspecified atom stereocenters. The Hall–Kier alpha value is -2.64. The van der Waals surface area contributed by atoms with Gasteiger partial charge in [-0.1, -0.05) is 34.1 Å². The summed E-state index contributed by atoms with van der Waals surface area (Å²) in [5.74, 6) is -0.209. The van der Waals surface area contributed by atoms with Gasteiger partial charge in [0.15, 0.2) is 6.61 Å². The molecule has 1 aromatic heterocycles. The fourth-order valence-corrected chi connectivity index (χ4v) is 4.57. The number of hydrogen-bond acceptors (Lipinski definition) is 5. The van der Waals surface area contributed by atoms with Gasteiger partial charge in [-0.3, -0.25) is 4.79 Å². The first-order valence-corrected chi connectivity index (χ1v) is 10.9. The van der Waals surface area contributed by atoms with Crippen molar-refractivity contribution in [2.24, 2.45) is 0 Å². The SMILES string of the molecule is COC(=O)c1c(NC(=O)COc2cc(C)cc(C)c2)sc(C)c1-c1ccc(Br)cc1. The molecule has 0 saturated carbocycles. The molecule has 0 aliphatic rings. The summed E-state index contributed by atoms with van der Waals surface area (Å²) in [5, 5.41) is 3.26. The summed E-state index contributed by atoms with van der Waals surface area (Å²) in [7, 11) is 1.33. The van der Waals surface area contributed by atoms with Crippen LogP contribution in [-0.2, 0) is 9.53 Å². The van der Waals surface area contributed by atoms with E-state index in [2.05, 4.69) is 21.2 Å². The monoisotopic (exact) mass is 487 g/mol. The average Bonchev–Trinajstić information content (AvgIpc) is 3.01. The highest BCUT2D eigenvalue weighted by molar-refractivity contribution is 9.10. The number of carbonyl (C=O) groups excluding carboxylic acids is 2. The van der Waals surface area contributed by atoms with Crippen LogP contribution >= 0.6 is 27.3 Å². The molecule has 156 valence electrons. The number of hydrogen-bond donors (Lipinski definition) is 1. The molecule has 0 aliphatic carbocycles. The first kappa shape index (κ1) is 22.1. The summed E-state index contributed by atoms with van der Waals surface area (Å²) < 4.78 is 11.6. The Morgan fingerprint density at radius 2 is 1.67 bits per heavy atom. The molecule has 1 heterocycles. The molecular weight excluding hydrogens is 466 g/mol. The van der Waals surface area contributed by atoms with Crippen LogP contribution in [0.2, 0.25) is 0 Å². The lowest BCUT2D eigenvalue weighted by Gasteiger charge is -2.10. The van der Waals surface area contributed by atoms with Gasteiger partial charge in [0.1, 0.15) is 16.3 Å². The number of carbonyl (C=O) groups is 2. The van der Waals surface area contributed by atoms with Crippen LogP contribution in [0.3, 0.4) is 0 Å². The molecule has 1 amide bonds. The van der Waals surface area contributed by atoms with Crippen LogP contribution in [0.1, 0.15) is 26.4 Å². The third-order valence-corrected chi connectivity index (χ3v) is 5.97. The van der Waals surface area contributed by atoms with E-state index in [-0.39, 0.29) is 12.5 Å². The van der Waals surface area contributed by atoms with Crippen molar-refractivity contribution in [3.63, 3.8) is 0 Å². The number of esters is 1. The third kappa shape index (κ3) is 5.09. The van der Waals surface area contributed by atoms with Crippen molar-refractivity contribution < 1.29 is 19.1 Å². The smallest absolute Gasteiger partial charge is 0.341 e. The molecule has 3 rings (SSSR count). The number of anilines is 1. The lowest BCUT2D eigenvalue weighted by Crippen LogP contribution is -2.21.